The summed E-state index contributed by atoms with van der Waals surface area (Å²) in [6, 6.07) is 12.7. The summed E-state index contributed by atoms with van der Waals surface area (Å²) in [5.41, 5.74) is 0.641. The molecule has 0 saturated heterocycles. The van der Waals surface area contributed by atoms with Crippen molar-refractivity contribution in [1.82, 2.24) is 0 Å². The Morgan fingerprint density at radius 3 is 2.14 bits per heavy atom. The Morgan fingerprint density at radius 2 is 1.59 bits per heavy atom. The summed E-state index contributed by atoms with van der Waals surface area (Å²) in [7, 11) is 2.89. The van der Waals surface area contributed by atoms with Crippen molar-refractivity contribution in [1.29, 1.82) is 0 Å². The first-order chi connectivity index (χ1) is 10.6. The molecule has 0 fully saturated rings. The van der Waals surface area contributed by atoms with E-state index in [1.54, 1.807) is 43.5 Å². The maximum Gasteiger partial charge on any atom is 0.316 e. The van der Waals surface area contributed by atoms with E-state index in [4.69, 9.17) is 14.2 Å². The number of esters is 1. The van der Waals surface area contributed by atoms with Crippen LogP contribution in [0.1, 0.15) is 11.5 Å². The van der Waals surface area contributed by atoms with E-state index < -0.39 is 11.9 Å². The number of benzene rings is 2. The van der Waals surface area contributed by atoms with E-state index >= 15 is 0 Å². The smallest absolute Gasteiger partial charge is 0.316 e. The van der Waals surface area contributed by atoms with E-state index in [0.29, 0.717) is 11.3 Å². The Labute approximate surface area is 128 Å². The van der Waals surface area contributed by atoms with Crippen molar-refractivity contribution in [2.45, 2.75) is 5.92 Å². The molecule has 0 heterocycles. The minimum atomic E-state index is -0.618. The van der Waals surface area contributed by atoms with Gasteiger partial charge in [0, 0.05) is 0 Å². The molecule has 2 rings (SSSR count). The molecule has 0 radical (unpaired) electrons. The highest BCUT2D eigenvalue weighted by molar-refractivity contribution is 5.78. The first-order valence-corrected chi connectivity index (χ1v) is 6.74. The second-order valence-electron chi connectivity index (χ2n) is 4.61. The van der Waals surface area contributed by atoms with Gasteiger partial charge in [-0.1, -0.05) is 12.1 Å². The zero-order chi connectivity index (χ0) is 15.9. The number of hydrogen-bond acceptors (Lipinski definition) is 4. The lowest BCUT2D eigenvalue weighted by Crippen LogP contribution is -2.21. The summed E-state index contributed by atoms with van der Waals surface area (Å²) < 4.78 is 28.5. The summed E-state index contributed by atoms with van der Waals surface area (Å²) in [6.07, 6.45) is 0. The molecule has 1 atom stereocenters. The van der Waals surface area contributed by atoms with Crippen molar-refractivity contribution in [3.05, 3.63) is 59.9 Å². The van der Waals surface area contributed by atoms with Gasteiger partial charge < -0.3 is 14.2 Å². The van der Waals surface area contributed by atoms with Crippen LogP contribution in [0.15, 0.2) is 48.5 Å². The van der Waals surface area contributed by atoms with Crippen LogP contribution >= 0.6 is 0 Å². The van der Waals surface area contributed by atoms with Gasteiger partial charge in [0.2, 0.25) is 0 Å². The van der Waals surface area contributed by atoms with Crippen molar-refractivity contribution in [3.63, 3.8) is 0 Å². The first kappa shape index (κ1) is 15.8. The van der Waals surface area contributed by atoms with Gasteiger partial charge >= 0.3 is 5.97 Å². The lowest BCUT2D eigenvalue weighted by molar-refractivity contribution is -0.143. The second-order valence-corrected chi connectivity index (χ2v) is 4.61. The first-order valence-electron chi connectivity index (χ1n) is 6.74. The Morgan fingerprint density at radius 1 is 1.00 bits per heavy atom. The van der Waals surface area contributed by atoms with Gasteiger partial charge in [-0.3, -0.25) is 4.79 Å². The molecule has 2 aromatic carbocycles. The van der Waals surface area contributed by atoms with Crippen LogP contribution in [-0.4, -0.2) is 26.8 Å². The molecule has 116 valence electrons. The molecule has 0 spiro atoms. The predicted molar refractivity (Wildman–Crippen MR) is 79.6 cm³/mol. The zero-order valence-electron chi connectivity index (χ0n) is 12.4. The molecule has 1 unspecified atom stereocenters. The van der Waals surface area contributed by atoms with Gasteiger partial charge in [0.25, 0.3) is 0 Å². The lowest BCUT2D eigenvalue weighted by atomic mass is 10.0. The zero-order valence-corrected chi connectivity index (χ0v) is 12.4. The molecule has 0 bridgehead atoms. The minimum absolute atomic E-state index is 0.102. The molecule has 0 N–H and O–H groups in total. The average Bonchev–Trinajstić information content (AvgIpc) is 2.56. The molecule has 22 heavy (non-hydrogen) atoms. The van der Waals surface area contributed by atoms with E-state index in [9.17, 15) is 9.18 Å². The lowest BCUT2D eigenvalue weighted by Gasteiger charge is -2.16. The van der Waals surface area contributed by atoms with Gasteiger partial charge in [-0.2, -0.15) is 0 Å². The predicted octanol–water partition coefficient (Wildman–Crippen LogP) is 3.17. The van der Waals surface area contributed by atoms with Crippen LogP contribution in [0.3, 0.4) is 0 Å². The molecule has 0 aromatic heterocycles. The maximum absolute atomic E-state index is 13.0. The fraction of sp³-hybridized carbons (Fsp3) is 0.235. The monoisotopic (exact) mass is 304 g/mol. The summed E-state index contributed by atoms with van der Waals surface area (Å²) in [5.74, 6) is -0.0801. The Kier molecular flexibility index (Phi) is 5.36. The van der Waals surface area contributed by atoms with E-state index in [1.165, 1.54) is 19.2 Å². The van der Waals surface area contributed by atoms with Crippen molar-refractivity contribution < 1.29 is 23.4 Å². The Bertz CT molecular complexity index is 608. The molecular weight excluding hydrogens is 287 g/mol. The summed E-state index contributed by atoms with van der Waals surface area (Å²) in [4.78, 5) is 11.9. The van der Waals surface area contributed by atoms with Gasteiger partial charge in [0.05, 0.1) is 14.2 Å². The summed E-state index contributed by atoms with van der Waals surface area (Å²) >= 11 is 0. The molecule has 0 aliphatic heterocycles. The largest absolute Gasteiger partial charge is 0.497 e. The highest BCUT2D eigenvalue weighted by atomic mass is 19.1. The topological polar surface area (TPSA) is 44.8 Å². The van der Waals surface area contributed by atoms with Crippen LogP contribution in [0.25, 0.3) is 0 Å². The van der Waals surface area contributed by atoms with Crippen LogP contribution in [0.5, 0.6) is 11.5 Å². The number of halogens is 1. The van der Waals surface area contributed by atoms with Crippen LogP contribution in [0.4, 0.5) is 4.39 Å². The SMILES string of the molecule is COC(=O)C(COc1ccc(OC)cc1)c1ccc(F)cc1. The van der Waals surface area contributed by atoms with Crippen LogP contribution in [0, 0.1) is 5.82 Å². The van der Waals surface area contributed by atoms with Crippen LogP contribution in [0.2, 0.25) is 0 Å². The third-order valence-electron chi connectivity index (χ3n) is 3.23. The Hall–Kier alpha value is -2.56. The molecule has 0 aliphatic rings. The highest BCUT2D eigenvalue weighted by Gasteiger charge is 2.22. The van der Waals surface area contributed by atoms with Gasteiger partial charge in [0.1, 0.15) is 29.8 Å². The number of hydrogen-bond donors (Lipinski definition) is 0. The molecule has 0 aliphatic carbocycles. The van der Waals surface area contributed by atoms with E-state index in [-0.39, 0.29) is 12.4 Å². The number of ether oxygens (including phenoxy) is 3. The van der Waals surface area contributed by atoms with E-state index in [2.05, 4.69) is 0 Å². The number of methoxy groups -OCH3 is 2. The normalized spacial score (nSPS) is 11.6. The number of carbonyl (C=O) groups excluding carboxylic acids is 1. The fourth-order valence-electron chi connectivity index (χ4n) is 1.99. The van der Waals surface area contributed by atoms with Gasteiger partial charge in [0.15, 0.2) is 0 Å². The van der Waals surface area contributed by atoms with Crippen molar-refractivity contribution in [2.75, 3.05) is 20.8 Å². The maximum atomic E-state index is 13.0. The van der Waals surface area contributed by atoms with Crippen molar-refractivity contribution in [3.8, 4) is 11.5 Å². The quantitative estimate of drug-likeness (QED) is 0.769. The second kappa shape index (κ2) is 7.45. The van der Waals surface area contributed by atoms with Gasteiger partial charge in [-0.05, 0) is 42.0 Å². The molecule has 5 heteroatoms. The highest BCUT2D eigenvalue weighted by Crippen LogP contribution is 2.22. The van der Waals surface area contributed by atoms with Gasteiger partial charge in [-0.15, -0.1) is 0 Å². The third kappa shape index (κ3) is 3.97. The van der Waals surface area contributed by atoms with Crippen molar-refractivity contribution >= 4 is 5.97 Å². The standard InChI is InChI=1S/C17H17FO4/c1-20-14-7-9-15(10-8-14)22-11-16(17(19)21-2)12-3-5-13(18)6-4-12/h3-10,16H,11H2,1-2H3. The average molecular weight is 304 g/mol. The fourth-order valence-corrected chi connectivity index (χ4v) is 1.99. The number of carbonyl (C=O) groups is 1. The molecular formula is C17H17FO4. The molecule has 2 aromatic rings. The molecule has 0 saturated carbocycles. The molecule has 4 nitrogen and oxygen atoms in total. The van der Waals surface area contributed by atoms with Crippen LogP contribution < -0.4 is 9.47 Å². The minimum Gasteiger partial charge on any atom is -0.497 e. The van der Waals surface area contributed by atoms with E-state index in [1.807, 2.05) is 0 Å². The van der Waals surface area contributed by atoms with E-state index in [0.717, 1.165) is 5.75 Å². The number of rotatable bonds is 6. The molecule has 0 amide bonds. The van der Waals surface area contributed by atoms with Gasteiger partial charge in [-0.25, -0.2) is 4.39 Å². The van der Waals surface area contributed by atoms with Crippen LogP contribution in [-0.2, 0) is 9.53 Å². The van der Waals surface area contributed by atoms with Crippen molar-refractivity contribution in [2.24, 2.45) is 0 Å². The summed E-state index contributed by atoms with van der Waals surface area (Å²) in [6.45, 7) is 0.102. The summed E-state index contributed by atoms with van der Waals surface area (Å²) in [5, 5.41) is 0. The Balaban J connectivity index is 2.09. The third-order valence-corrected chi connectivity index (χ3v) is 3.23.